The van der Waals surface area contributed by atoms with Crippen LogP contribution in [0.1, 0.15) is 0 Å². The van der Waals surface area contributed by atoms with Crippen molar-refractivity contribution in [3.8, 4) is 0 Å². The first-order valence-corrected chi connectivity index (χ1v) is 5.97. The molecule has 0 aliphatic rings. The van der Waals surface area contributed by atoms with Gasteiger partial charge in [-0.25, -0.2) is 10.8 Å². The number of nitrogens with two attached hydrogens (primary N) is 1. The minimum atomic E-state index is -0.611. The molecule has 0 saturated carbocycles. The van der Waals surface area contributed by atoms with Gasteiger partial charge in [0.2, 0.25) is 11.8 Å². The molecule has 0 spiro atoms. The molecule has 0 radical (unpaired) electrons. The number of hydrogen-bond acceptors (Lipinski definition) is 7. The molecule has 1 aromatic heterocycles. The van der Waals surface area contributed by atoms with Gasteiger partial charge in [0.25, 0.3) is 0 Å². The molecule has 20 heavy (non-hydrogen) atoms. The molecule has 0 aliphatic carbocycles. The van der Waals surface area contributed by atoms with E-state index in [-0.39, 0.29) is 17.5 Å². The van der Waals surface area contributed by atoms with Gasteiger partial charge in [0.15, 0.2) is 0 Å². The van der Waals surface area contributed by atoms with Crippen molar-refractivity contribution >= 4 is 46.3 Å². The number of anilines is 3. The summed E-state index contributed by atoms with van der Waals surface area (Å²) < 4.78 is 0. The average molecular weight is 315 g/mol. The Balaban J connectivity index is 2.40. The Morgan fingerprint density at radius 3 is 2.65 bits per heavy atom. The van der Waals surface area contributed by atoms with Crippen molar-refractivity contribution in [3.63, 3.8) is 0 Å². The van der Waals surface area contributed by atoms with E-state index in [9.17, 15) is 10.1 Å². The topological polar surface area (TPSA) is 119 Å². The first-order chi connectivity index (χ1) is 9.51. The number of nitrogen functional groups attached to an aromatic ring is 1. The van der Waals surface area contributed by atoms with Crippen LogP contribution in [0.4, 0.5) is 23.1 Å². The second kappa shape index (κ2) is 5.87. The molecule has 2 aromatic rings. The average Bonchev–Trinajstić information content (AvgIpc) is 2.42. The standard InChI is InChI=1S/C10H8Cl2N6O2/c11-6-2-1-5(3-7(6)12)15-9-8(18(19)20)4-14-10(16-9)17-13/h1-4H,13H2,(H2,14,15,16,17). The maximum atomic E-state index is 10.9. The van der Waals surface area contributed by atoms with Crippen LogP contribution in [0.3, 0.4) is 0 Å². The van der Waals surface area contributed by atoms with Gasteiger partial charge in [-0.05, 0) is 18.2 Å². The van der Waals surface area contributed by atoms with Crippen molar-refractivity contribution < 1.29 is 4.92 Å². The molecule has 0 amide bonds. The number of nitrogens with zero attached hydrogens (tertiary/aromatic N) is 3. The van der Waals surface area contributed by atoms with E-state index in [1.165, 1.54) is 6.07 Å². The normalized spacial score (nSPS) is 10.2. The van der Waals surface area contributed by atoms with Crippen molar-refractivity contribution in [2.45, 2.75) is 0 Å². The van der Waals surface area contributed by atoms with Crippen molar-refractivity contribution in [2.75, 3.05) is 10.7 Å². The highest BCUT2D eigenvalue weighted by Crippen LogP contribution is 2.29. The second-order valence-corrected chi connectivity index (χ2v) is 4.40. The SMILES string of the molecule is NNc1ncc([N+](=O)[O-])c(Nc2ccc(Cl)c(Cl)c2)n1. The smallest absolute Gasteiger partial charge is 0.329 e. The minimum Gasteiger partial charge on any atom is -0.334 e. The van der Waals surface area contributed by atoms with Crippen LogP contribution in [0, 0.1) is 10.1 Å². The summed E-state index contributed by atoms with van der Waals surface area (Å²) in [5.41, 5.74) is 2.40. The maximum Gasteiger partial charge on any atom is 0.329 e. The van der Waals surface area contributed by atoms with Crippen LogP contribution in [0.5, 0.6) is 0 Å². The third-order valence-corrected chi connectivity index (χ3v) is 3.02. The Kier molecular flexibility index (Phi) is 4.18. The van der Waals surface area contributed by atoms with E-state index in [0.29, 0.717) is 15.7 Å². The Hall–Kier alpha value is -2.16. The van der Waals surface area contributed by atoms with Gasteiger partial charge in [-0.15, -0.1) is 0 Å². The van der Waals surface area contributed by atoms with Crippen LogP contribution in [0.2, 0.25) is 10.0 Å². The third-order valence-electron chi connectivity index (χ3n) is 2.28. The van der Waals surface area contributed by atoms with Crippen molar-refractivity contribution in [3.05, 3.63) is 44.6 Å². The van der Waals surface area contributed by atoms with Crippen LogP contribution in [0.25, 0.3) is 0 Å². The van der Waals surface area contributed by atoms with E-state index in [0.717, 1.165) is 6.20 Å². The molecule has 0 unspecified atom stereocenters. The molecule has 0 fully saturated rings. The zero-order valence-electron chi connectivity index (χ0n) is 9.80. The lowest BCUT2D eigenvalue weighted by atomic mass is 10.3. The zero-order valence-corrected chi connectivity index (χ0v) is 11.3. The number of hydrogen-bond donors (Lipinski definition) is 3. The number of nitro groups is 1. The Morgan fingerprint density at radius 1 is 1.30 bits per heavy atom. The van der Waals surface area contributed by atoms with Crippen LogP contribution in [-0.4, -0.2) is 14.9 Å². The van der Waals surface area contributed by atoms with Gasteiger partial charge in [-0.3, -0.25) is 15.5 Å². The molecule has 1 heterocycles. The van der Waals surface area contributed by atoms with Crippen molar-refractivity contribution in [1.29, 1.82) is 0 Å². The highest BCUT2D eigenvalue weighted by molar-refractivity contribution is 6.42. The van der Waals surface area contributed by atoms with Gasteiger partial charge in [-0.2, -0.15) is 4.98 Å². The lowest BCUT2D eigenvalue weighted by Gasteiger charge is -2.08. The number of benzene rings is 1. The molecule has 10 heteroatoms. The Bertz CT molecular complexity index is 666. The fourth-order valence-electron chi connectivity index (χ4n) is 1.38. The number of hydrazine groups is 1. The summed E-state index contributed by atoms with van der Waals surface area (Å²) >= 11 is 11.7. The van der Waals surface area contributed by atoms with E-state index in [1.807, 2.05) is 0 Å². The van der Waals surface area contributed by atoms with Crippen molar-refractivity contribution in [1.82, 2.24) is 9.97 Å². The van der Waals surface area contributed by atoms with Gasteiger partial charge in [0.05, 0.1) is 15.0 Å². The third kappa shape index (κ3) is 3.05. The van der Waals surface area contributed by atoms with Crippen LogP contribution < -0.4 is 16.6 Å². The maximum absolute atomic E-state index is 10.9. The molecule has 4 N–H and O–H groups in total. The van der Waals surface area contributed by atoms with Crippen molar-refractivity contribution in [2.24, 2.45) is 5.84 Å². The van der Waals surface area contributed by atoms with E-state index >= 15 is 0 Å². The van der Waals surface area contributed by atoms with Gasteiger partial charge in [0.1, 0.15) is 6.20 Å². The molecule has 104 valence electrons. The number of rotatable bonds is 4. The van der Waals surface area contributed by atoms with Gasteiger partial charge >= 0.3 is 5.69 Å². The summed E-state index contributed by atoms with van der Waals surface area (Å²) in [6.45, 7) is 0. The molecule has 0 bridgehead atoms. The van der Waals surface area contributed by atoms with Gasteiger partial charge < -0.3 is 5.32 Å². The number of halogens is 2. The first-order valence-electron chi connectivity index (χ1n) is 5.21. The molecular weight excluding hydrogens is 307 g/mol. The minimum absolute atomic E-state index is 0.0173. The van der Waals surface area contributed by atoms with Crippen LogP contribution in [-0.2, 0) is 0 Å². The largest absolute Gasteiger partial charge is 0.334 e. The fraction of sp³-hybridized carbons (Fsp3) is 0. The number of aromatic nitrogens is 2. The Labute approximate surface area is 123 Å². The fourth-order valence-corrected chi connectivity index (χ4v) is 1.68. The summed E-state index contributed by atoms with van der Waals surface area (Å²) in [5.74, 6) is 5.19. The second-order valence-electron chi connectivity index (χ2n) is 3.58. The van der Waals surface area contributed by atoms with Gasteiger partial charge in [-0.1, -0.05) is 23.2 Å². The monoisotopic (exact) mass is 314 g/mol. The summed E-state index contributed by atoms with van der Waals surface area (Å²) in [7, 11) is 0. The Morgan fingerprint density at radius 2 is 2.05 bits per heavy atom. The lowest BCUT2D eigenvalue weighted by Crippen LogP contribution is -2.12. The van der Waals surface area contributed by atoms with Crippen LogP contribution >= 0.6 is 23.2 Å². The summed E-state index contributed by atoms with van der Waals surface area (Å²) in [5, 5.41) is 14.4. The van der Waals surface area contributed by atoms with E-state index in [1.54, 1.807) is 12.1 Å². The quantitative estimate of drug-likeness (QED) is 0.451. The lowest BCUT2D eigenvalue weighted by molar-refractivity contribution is -0.384. The van der Waals surface area contributed by atoms with E-state index in [2.05, 4.69) is 20.7 Å². The molecular formula is C10H8Cl2N6O2. The number of nitrogens with one attached hydrogen (secondary N) is 2. The highest BCUT2D eigenvalue weighted by Gasteiger charge is 2.17. The summed E-state index contributed by atoms with van der Waals surface area (Å²) in [6, 6.07) is 4.68. The zero-order chi connectivity index (χ0) is 14.7. The highest BCUT2D eigenvalue weighted by atomic mass is 35.5. The molecule has 0 saturated heterocycles. The molecule has 8 nitrogen and oxygen atoms in total. The van der Waals surface area contributed by atoms with E-state index < -0.39 is 4.92 Å². The summed E-state index contributed by atoms with van der Waals surface area (Å²) in [4.78, 5) is 17.9. The molecule has 1 aromatic carbocycles. The first kappa shape index (κ1) is 14.3. The van der Waals surface area contributed by atoms with E-state index in [4.69, 9.17) is 29.0 Å². The summed E-state index contributed by atoms with van der Waals surface area (Å²) in [6.07, 6.45) is 1.04. The van der Waals surface area contributed by atoms with Gasteiger partial charge in [0, 0.05) is 5.69 Å². The molecule has 0 aliphatic heterocycles. The predicted octanol–water partition coefficient (Wildman–Crippen LogP) is 2.72. The van der Waals surface area contributed by atoms with Crippen LogP contribution in [0.15, 0.2) is 24.4 Å². The predicted molar refractivity (Wildman–Crippen MR) is 76.2 cm³/mol. The molecule has 0 atom stereocenters. The molecule has 2 rings (SSSR count).